The summed E-state index contributed by atoms with van der Waals surface area (Å²) in [6.07, 6.45) is 0.884. The van der Waals surface area contributed by atoms with Crippen molar-refractivity contribution in [1.82, 2.24) is 0 Å². The molecule has 2 heteroatoms. The molecule has 0 saturated heterocycles. The van der Waals surface area contributed by atoms with Crippen LogP contribution in [0.25, 0.3) is 0 Å². The van der Waals surface area contributed by atoms with Gasteiger partial charge in [0.05, 0.1) is 0 Å². The number of hydrogen-bond acceptors (Lipinski definition) is 2. The molecule has 0 unspecified atom stereocenters. The molecule has 2 nitrogen and oxygen atoms in total. The molecule has 0 heterocycles. The van der Waals surface area contributed by atoms with Gasteiger partial charge in [-0.3, -0.25) is 0 Å². The van der Waals surface area contributed by atoms with Crippen molar-refractivity contribution in [3.63, 3.8) is 0 Å². The molecule has 0 amide bonds. The lowest BCUT2D eigenvalue weighted by atomic mass is 10.2. The van der Waals surface area contributed by atoms with Gasteiger partial charge in [-0.2, -0.15) is 0 Å². The van der Waals surface area contributed by atoms with E-state index in [9.17, 15) is 0 Å². The van der Waals surface area contributed by atoms with Crippen LogP contribution in [0.3, 0.4) is 0 Å². The van der Waals surface area contributed by atoms with Crippen molar-refractivity contribution in [2.24, 2.45) is 0 Å². The van der Waals surface area contributed by atoms with Crippen LogP contribution < -0.4 is 9.47 Å². The Hall–Kier alpha value is -2.22. The minimum absolute atomic E-state index is 0.555. The van der Waals surface area contributed by atoms with Crippen LogP contribution in [0.15, 0.2) is 72.2 Å². The summed E-state index contributed by atoms with van der Waals surface area (Å²) in [6.45, 7) is 4.10. The van der Waals surface area contributed by atoms with Crippen molar-refractivity contribution in [2.45, 2.75) is 20.3 Å². The molecule has 19 heavy (non-hydrogen) atoms. The summed E-state index contributed by atoms with van der Waals surface area (Å²) in [4.78, 5) is 0. The highest BCUT2D eigenvalue weighted by Crippen LogP contribution is 2.20. The summed E-state index contributed by atoms with van der Waals surface area (Å²) in [6, 6.07) is 19.3. The predicted octanol–water partition coefficient (Wildman–Crippen LogP) is 4.79. The SMILES string of the molecule is CCC(C)=C(Oc1ccccc1)Oc1ccccc1. The second-order valence-electron chi connectivity index (χ2n) is 4.25. The van der Waals surface area contributed by atoms with E-state index in [0.29, 0.717) is 5.95 Å². The van der Waals surface area contributed by atoms with Gasteiger partial charge in [-0.05, 0) is 37.6 Å². The van der Waals surface area contributed by atoms with E-state index >= 15 is 0 Å². The van der Waals surface area contributed by atoms with Gasteiger partial charge < -0.3 is 9.47 Å². The Morgan fingerprint density at radius 3 is 1.58 bits per heavy atom. The maximum absolute atomic E-state index is 5.83. The summed E-state index contributed by atoms with van der Waals surface area (Å²) in [5.74, 6) is 2.11. The van der Waals surface area contributed by atoms with Crippen LogP contribution in [0.2, 0.25) is 0 Å². The van der Waals surface area contributed by atoms with Gasteiger partial charge in [0.25, 0.3) is 5.95 Å². The van der Waals surface area contributed by atoms with Gasteiger partial charge in [0.15, 0.2) is 0 Å². The van der Waals surface area contributed by atoms with E-state index in [0.717, 1.165) is 23.5 Å². The molecule has 0 radical (unpaired) electrons. The normalized spacial score (nSPS) is 9.79. The highest BCUT2D eigenvalue weighted by molar-refractivity contribution is 5.27. The Morgan fingerprint density at radius 2 is 1.21 bits per heavy atom. The molecule has 0 atom stereocenters. The Balaban J connectivity index is 2.18. The zero-order valence-corrected chi connectivity index (χ0v) is 11.3. The van der Waals surface area contributed by atoms with Crippen molar-refractivity contribution in [3.05, 3.63) is 72.2 Å². The Bertz CT molecular complexity index is 486. The minimum atomic E-state index is 0.555. The van der Waals surface area contributed by atoms with Crippen LogP contribution in [0.5, 0.6) is 11.5 Å². The van der Waals surface area contributed by atoms with E-state index in [1.54, 1.807) is 0 Å². The van der Waals surface area contributed by atoms with E-state index in [2.05, 4.69) is 6.92 Å². The fraction of sp³-hybridized carbons (Fsp3) is 0.176. The molecule has 0 aliphatic rings. The van der Waals surface area contributed by atoms with Gasteiger partial charge in [-0.25, -0.2) is 0 Å². The van der Waals surface area contributed by atoms with Crippen molar-refractivity contribution >= 4 is 0 Å². The first-order valence-corrected chi connectivity index (χ1v) is 6.45. The predicted molar refractivity (Wildman–Crippen MR) is 77.1 cm³/mol. The molecular formula is C17H18O2. The summed E-state index contributed by atoms with van der Waals surface area (Å²) in [5.41, 5.74) is 1.08. The third kappa shape index (κ3) is 3.88. The molecule has 0 spiro atoms. The van der Waals surface area contributed by atoms with E-state index in [1.807, 2.05) is 67.6 Å². The first-order valence-electron chi connectivity index (χ1n) is 6.45. The van der Waals surface area contributed by atoms with Crippen LogP contribution in [0, 0.1) is 0 Å². The molecule has 2 aromatic rings. The quantitative estimate of drug-likeness (QED) is 0.714. The van der Waals surface area contributed by atoms with Crippen molar-refractivity contribution in [1.29, 1.82) is 0 Å². The third-order valence-corrected chi connectivity index (χ3v) is 2.79. The Labute approximate surface area is 114 Å². The lowest BCUT2D eigenvalue weighted by molar-refractivity contribution is 0.219. The van der Waals surface area contributed by atoms with Crippen LogP contribution in [0.4, 0.5) is 0 Å². The number of hydrogen-bond donors (Lipinski definition) is 0. The van der Waals surface area contributed by atoms with Crippen LogP contribution in [0.1, 0.15) is 20.3 Å². The molecule has 0 aliphatic heterocycles. The number of allylic oxidation sites excluding steroid dienone is 1. The van der Waals surface area contributed by atoms with Gasteiger partial charge in [0.2, 0.25) is 0 Å². The fourth-order valence-electron chi connectivity index (χ4n) is 1.53. The highest BCUT2D eigenvalue weighted by Gasteiger charge is 2.07. The molecule has 0 N–H and O–H groups in total. The van der Waals surface area contributed by atoms with Crippen molar-refractivity contribution in [2.75, 3.05) is 0 Å². The first kappa shape index (κ1) is 13.2. The molecule has 0 aromatic heterocycles. The molecule has 0 saturated carbocycles. The highest BCUT2D eigenvalue weighted by atomic mass is 16.7. The molecule has 2 aromatic carbocycles. The van der Waals surface area contributed by atoms with Gasteiger partial charge in [-0.1, -0.05) is 43.3 Å². The standard InChI is InChI=1S/C17H18O2/c1-3-14(2)17(18-15-10-6-4-7-11-15)19-16-12-8-5-9-13-16/h4-13H,3H2,1-2H3. The topological polar surface area (TPSA) is 18.5 Å². The van der Waals surface area contributed by atoms with Crippen molar-refractivity contribution < 1.29 is 9.47 Å². The molecular weight excluding hydrogens is 236 g/mol. The number of benzene rings is 2. The average Bonchev–Trinajstić information content (AvgIpc) is 2.48. The Morgan fingerprint density at radius 1 is 0.789 bits per heavy atom. The molecule has 0 fully saturated rings. The largest absolute Gasteiger partial charge is 0.426 e. The maximum Gasteiger partial charge on any atom is 0.289 e. The van der Waals surface area contributed by atoms with Crippen LogP contribution in [-0.2, 0) is 0 Å². The van der Waals surface area contributed by atoms with E-state index in [-0.39, 0.29) is 0 Å². The first-order chi connectivity index (χ1) is 9.29. The average molecular weight is 254 g/mol. The second kappa shape index (κ2) is 6.64. The summed E-state index contributed by atoms with van der Waals surface area (Å²) in [7, 11) is 0. The number of ether oxygens (including phenoxy) is 2. The molecule has 0 bridgehead atoms. The number of rotatable bonds is 5. The monoisotopic (exact) mass is 254 g/mol. The van der Waals surface area contributed by atoms with Crippen molar-refractivity contribution in [3.8, 4) is 11.5 Å². The minimum Gasteiger partial charge on any atom is -0.426 e. The number of para-hydroxylation sites is 2. The van der Waals surface area contributed by atoms with E-state index < -0.39 is 0 Å². The van der Waals surface area contributed by atoms with Gasteiger partial charge in [-0.15, -0.1) is 0 Å². The van der Waals surface area contributed by atoms with Crippen LogP contribution >= 0.6 is 0 Å². The fourth-order valence-corrected chi connectivity index (χ4v) is 1.53. The molecule has 0 aliphatic carbocycles. The van der Waals surface area contributed by atoms with E-state index in [4.69, 9.17) is 9.47 Å². The summed E-state index contributed by atoms with van der Waals surface area (Å²) < 4.78 is 11.7. The Kier molecular flexibility index (Phi) is 4.62. The zero-order valence-electron chi connectivity index (χ0n) is 11.3. The van der Waals surface area contributed by atoms with Gasteiger partial charge >= 0.3 is 0 Å². The van der Waals surface area contributed by atoms with Crippen LogP contribution in [-0.4, -0.2) is 0 Å². The molecule has 98 valence electrons. The zero-order chi connectivity index (χ0) is 13.5. The third-order valence-electron chi connectivity index (χ3n) is 2.79. The van der Waals surface area contributed by atoms with E-state index in [1.165, 1.54) is 0 Å². The summed E-state index contributed by atoms with van der Waals surface area (Å²) in [5, 5.41) is 0. The maximum atomic E-state index is 5.83. The lowest BCUT2D eigenvalue weighted by Gasteiger charge is -2.14. The van der Waals surface area contributed by atoms with Gasteiger partial charge in [0.1, 0.15) is 11.5 Å². The molecule has 2 rings (SSSR count). The lowest BCUT2D eigenvalue weighted by Crippen LogP contribution is -2.06. The second-order valence-corrected chi connectivity index (χ2v) is 4.25. The summed E-state index contributed by atoms with van der Waals surface area (Å²) >= 11 is 0. The van der Waals surface area contributed by atoms with Gasteiger partial charge in [0, 0.05) is 5.57 Å². The smallest absolute Gasteiger partial charge is 0.289 e.